The van der Waals surface area contributed by atoms with Crippen molar-refractivity contribution < 1.29 is 19.0 Å². The second kappa shape index (κ2) is 6.79. The molecule has 4 nitrogen and oxygen atoms in total. The van der Waals surface area contributed by atoms with Gasteiger partial charge in [0.15, 0.2) is 0 Å². The molecule has 2 aromatic carbocycles. The zero-order valence-electron chi connectivity index (χ0n) is 12.4. The minimum Gasteiger partial charge on any atom is -0.496 e. The SMILES string of the molecule is CCc1cc(C(=O)Oc2ccccc2)c(OC)cc1OC. The zero-order valence-corrected chi connectivity index (χ0v) is 12.4. The molecule has 0 bridgehead atoms. The highest BCUT2D eigenvalue weighted by Crippen LogP contribution is 2.30. The second-order valence-corrected chi connectivity index (χ2v) is 4.42. The molecule has 0 heterocycles. The van der Waals surface area contributed by atoms with E-state index in [9.17, 15) is 4.79 Å². The molecule has 0 atom stereocenters. The number of benzene rings is 2. The van der Waals surface area contributed by atoms with Crippen LogP contribution in [0.4, 0.5) is 0 Å². The Bertz CT molecular complexity index is 620. The number of ether oxygens (including phenoxy) is 3. The van der Waals surface area contributed by atoms with Gasteiger partial charge < -0.3 is 14.2 Å². The van der Waals surface area contributed by atoms with E-state index in [0.717, 1.165) is 12.0 Å². The van der Waals surface area contributed by atoms with Crippen LogP contribution in [0, 0.1) is 0 Å². The lowest BCUT2D eigenvalue weighted by molar-refractivity contribution is 0.0731. The second-order valence-electron chi connectivity index (χ2n) is 4.42. The average Bonchev–Trinajstić information content (AvgIpc) is 2.54. The smallest absolute Gasteiger partial charge is 0.347 e. The highest BCUT2D eigenvalue weighted by atomic mass is 16.5. The van der Waals surface area contributed by atoms with E-state index >= 15 is 0 Å². The predicted octanol–water partition coefficient (Wildman–Crippen LogP) is 3.49. The maximum Gasteiger partial charge on any atom is 0.347 e. The van der Waals surface area contributed by atoms with Crippen molar-refractivity contribution in [2.45, 2.75) is 13.3 Å². The normalized spacial score (nSPS) is 10.0. The summed E-state index contributed by atoms with van der Waals surface area (Å²) in [5, 5.41) is 0. The van der Waals surface area contributed by atoms with Gasteiger partial charge >= 0.3 is 5.97 Å². The van der Waals surface area contributed by atoms with E-state index in [1.54, 1.807) is 31.4 Å². The predicted molar refractivity (Wildman–Crippen MR) is 80.3 cm³/mol. The van der Waals surface area contributed by atoms with Crippen LogP contribution in [-0.2, 0) is 6.42 Å². The number of para-hydroxylation sites is 1. The number of rotatable bonds is 5. The monoisotopic (exact) mass is 286 g/mol. The van der Waals surface area contributed by atoms with E-state index < -0.39 is 5.97 Å². The first-order chi connectivity index (χ1) is 10.2. The minimum absolute atomic E-state index is 0.388. The van der Waals surface area contributed by atoms with Crippen molar-refractivity contribution in [3.63, 3.8) is 0 Å². The van der Waals surface area contributed by atoms with Gasteiger partial charge in [0.25, 0.3) is 0 Å². The van der Waals surface area contributed by atoms with Crippen LogP contribution < -0.4 is 14.2 Å². The molecule has 21 heavy (non-hydrogen) atoms. The van der Waals surface area contributed by atoms with Crippen LogP contribution in [0.5, 0.6) is 17.2 Å². The largest absolute Gasteiger partial charge is 0.496 e. The van der Waals surface area contributed by atoms with Crippen molar-refractivity contribution in [2.75, 3.05) is 14.2 Å². The fourth-order valence-corrected chi connectivity index (χ4v) is 2.05. The molecule has 2 rings (SSSR count). The molecule has 0 aliphatic carbocycles. The topological polar surface area (TPSA) is 44.8 Å². The molecule has 0 N–H and O–H groups in total. The number of methoxy groups -OCH3 is 2. The molecule has 0 saturated heterocycles. The van der Waals surface area contributed by atoms with Gasteiger partial charge in [-0.1, -0.05) is 25.1 Å². The van der Waals surface area contributed by atoms with Crippen molar-refractivity contribution in [2.24, 2.45) is 0 Å². The fourth-order valence-electron chi connectivity index (χ4n) is 2.05. The summed E-state index contributed by atoms with van der Waals surface area (Å²) in [6, 6.07) is 12.4. The Balaban J connectivity index is 2.35. The molecule has 0 amide bonds. The summed E-state index contributed by atoms with van der Waals surface area (Å²) in [6.07, 6.45) is 0.749. The van der Waals surface area contributed by atoms with Crippen LogP contribution in [0.25, 0.3) is 0 Å². The summed E-state index contributed by atoms with van der Waals surface area (Å²) < 4.78 is 15.9. The van der Waals surface area contributed by atoms with Gasteiger partial charge in [-0.25, -0.2) is 4.79 Å². The maximum atomic E-state index is 12.3. The van der Waals surface area contributed by atoms with E-state index in [4.69, 9.17) is 14.2 Å². The molecule has 0 fully saturated rings. The Hall–Kier alpha value is -2.49. The van der Waals surface area contributed by atoms with Gasteiger partial charge in [-0.05, 0) is 30.2 Å². The minimum atomic E-state index is -0.449. The summed E-state index contributed by atoms with van der Waals surface area (Å²) in [5.74, 6) is 1.18. The highest BCUT2D eigenvalue weighted by molar-refractivity contribution is 5.94. The molecule has 0 aromatic heterocycles. The van der Waals surface area contributed by atoms with E-state index in [-0.39, 0.29) is 0 Å². The summed E-state index contributed by atoms with van der Waals surface area (Å²) in [4.78, 5) is 12.3. The van der Waals surface area contributed by atoms with Crippen LogP contribution >= 0.6 is 0 Å². The molecule has 4 heteroatoms. The Morgan fingerprint density at radius 1 is 1.00 bits per heavy atom. The van der Waals surface area contributed by atoms with Crippen molar-refractivity contribution in [3.8, 4) is 17.2 Å². The van der Waals surface area contributed by atoms with Crippen molar-refractivity contribution in [1.29, 1.82) is 0 Å². The van der Waals surface area contributed by atoms with E-state index in [1.165, 1.54) is 7.11 Å². The third kappa shape index (κ3) is 3.34. The van der Waals surface area contributed by atoms with Crippen LogP contribution in [0.3, 0.4) is 0 Å². The lowest BCUT2D eigenvalue weighted by Crippen LogP contribution is -2.11. The Morgan fingerprint density at radius 3 is 2.24 bits per heavy atom. The molecule has 0 unspecified atom stereocenters. The molecular formula is C17H18O4. The first-order valence-electron chi connectivity index (χ1n) is 6.71. The van der Waals surface area contributed by atoms with Crippen LogP contribution in [0.1, 0.15) is 22.8 Å². The number of hydrogen-bond donors (Lipinski definition) is 0. The van der Waals surface area contributed by atoms with Gasteiger partial charge in [-0.3, -0.25) is 0 Å². The fraction of sp³-hybridized carbons (Fsp3) is 0.235. The van der Waals surface area contributed by atoms with Gasteiger partial charge in [-0.2, -0.15) is 0 Å². The lowest BCUT2D eigenvalue weighted by Gasteiger charge is -2.13. The van der Waals surface area contributed by atoms with Gasteiger partial charge in [0.2, 0.25) is 0 Å². The first kappa shape index (κ1) is 14.9. The summed E-state index contributed by atoms with van der Waals surface area (Å²) >= 11 is 0. The van der Waals surface area contributed by atoms with Crippen LogP contribution in [0.2, 0.25) is 0 Å². The molecule has 2 aromatic rings. The number of carbonyl (C=O) groups is 1. The van der Waals surface area contributed by atoms with Gasteiger partial charge in [0.05, 0.1) is 14.2 Å². The van der Waals surface area contributed by atoms with Crippen LogP contribution in [-0.4, -0.2) is 20.2 Å². The molecule has 0 saturated carbocycles. The Morgan fingerprint density at radius 2 is 1.67 bits per heavy atom. The molecule has 110 valence electrons. The van der Waals surface area contributed by atoms with Crippen molar-refractivity contribution >= 4 is 5.97 Å². The standard InChI is InChI=1S/C17H18O4/c1-4-12-10-14(16(20-3)11-15(12)19-2)17(18)21-13-8-6-5-7-9-13/h5-11H,4H2,1-3H3. The summed E-state index contributed by atoms with van der Waals surface area (Å²) in [5.41, 5.74) is 1.32. The lowest BCUT2D eigenvalue weighted by atomic mass is 10.1. The molecule has 0 aliphatic rings. The van der Waals surface area contributed by atoms with Gasteiger partial charge in [0, 0.05) is 6.07 Å². The number of carbonyl (C=O) groups excluding carboxylic acids is 1. The maximum absolute atomic E-state index is 12.3. The van der Waals surface area contributed by atoms with Crippen molar-refractivity contribution in [3.05, 3.63) is 53.6 Å². The molecule has 0 radical (unpaired) electrons. The Labute approximate surface area is 124 Å². The third-order valence-electron chi connectivity index (χ3n) is 3.16. The number of aryl methyl sites for hydroxylation is 1. The van der Waals surface area contributed by atoms with Crippen molar-refractivity contribution in [1.82, 2.24) is 0 Å². The van der Waals surface area contributed by atoms with E-state index in [1.807, 2.05) is 25.1 Å². The van der Waals surface area contributed by atoms with Crippen LogP contribution in [0.15, 0.2) is 42.5 Å². The number of hydrogen-bond acceptors (Lipinski definition) is 4. The summed E-state index contributed by atoms with van der Waals surface area (Å²) in [7, 11) is 3.11. The first-order valence-corrected chi connectivity index (χ1v) is 6.71. The van der Waals surface area contributed by atoms with Gasteiger partial charge in [0.1, 0.15) is 22.8 Å². The summed E-state index contributed by atoms with van der Waals surface area (Å²) in [6.45, 7) is 2.00. The zero-order chi connectivity index (χ0) is 15.2. The average molecular weight is 286 g/mol. The quantitative estimate of drug-likeness (QED) is 0.623. The molecule has 0 aliphatic heterocycles. The van der Waals surface area contributed by atoms with Gasteiger partial charge in [-0.15, -0.1) is 0 Å². The molecular weight excluding hydrogens is 268 g/mol. The number of esters is 1. The third-order valence-corrected chi connectivity index (χ3v) is 3.16. The highest BCUT2D eigenvalue weighted by Gasteiger charge is 2.18. The molecule has 0 spiro atoms. The Kier molecular flexibility index (Phi) is 4.82. The van der Waals surface area contributed by atoms with E-state index in [0.29, 0.717) is 22.8 Å². The van der Waals surface area contributed by atoms with E-state index in [2.05, 4.69) is 0 Å².